The zero-order chi connectivity index (χ0) is 21.6. The molecule has 1 amide bonds. The Balaban J connectivity index is 1.64. The molecule has 4 N–H and O–H groups in total. The molecule has 3 rings (SSSR count). The van der Waals surface area contributed by atoms with Crippen LogP contribution in [0.15, 0.2) is 53.5 Å². The second-order valence-corrected chi connectivity index (χ2v) is 7.77. The van der Waals surface area contributed by atoms with Crippen LogP contribution in [0, 0.1) is 17.6 Å². The second kappa shape index (κ2) is 9.69. The van der Waals surface area contributed by atoms with Gasteiger partial charge in [-0.25, -0.2) is 8.78 Å². The molecule has 1 aliphatic carbocycles. The van der Waals surface area contributed by atoms with Crippen molar-refractivity contribution in [3.05, 3.63) is 71.3 Å². The van der Waals surface area contributed by atoms with E-state index in [4.69, 9.17) is 5.73 Å². The van der Waals surface area contributed by atoms with Crippen molar-refractivity contribution >= 4 is 11.9 Å². The number of guanidine groups is 1. The number of hydrogen-bond donors (Lipinski definition) is 3. The van der Waals surface area contributed by atoms with E-state index in [-0.39, 0.29) is 17.0 Å². The van der Waals surface area contributed by atoms with E-state index in [2.05, 4.69) is 15.6 Å². The average molecular weight is 415 g/mol. The van der Waals surface area contributed by atoms with Gasteiger partial charge in [-0.1, -0.05) is 30.3 Å². The van der Waals surface area contributed by atoms with Crippen LogP contribution in [0.1, 0.15) is 30.9 Å². The molecule has 2 aromatic rings. The average Bonchev–Trinajstić information content (AvgIpc) is 3.51. The van der Waals surface area contributed by atoms with E-state index >= 15 is 0 Å². The van der Waals surface area contributed by atoms with Gasteiger partial charge in [-0.2, -0.15) is 0 Å². The molecule has 0 aromatic heterocycles. The summed E-state index contributed by atoms with van der Waals surface area (Å²) in [6, 6.07) is 12.9. The highest BCUT2D eigenvalue weighted by molar-refractivity contribution is 5.82. The first-order valence-electron chi connectivity index (χ1n) is 10.2. The summed E-state index contributed by atoms with van der Waals surface area (Å²) in [6.45, 7) is 3.36. The summed E-state index contributed by atoms with van der Waals surface area (Å²) in [5.41, 5.74) is 6.84. The number of amides is 1. The van der Waals surface area contributed by atoms with Crippen LogP contribution in [0.3, 0.4) is 0 Å². The van der Waals surface area contributed by atoms with E-state index in [0.29, 0.717) is 37.6 Å². The Morgan fingerprint density at radius 3 is 2.43 bits per heavy atom. The molecule has 7 heteroatoms. The largest absolute Gasteiger partial charge is 0.369 e. The fraction of sp³-hybridized carbons (Fsp3) is 0.391. The SMILES string of the molecule is CCNC(=NCC1(c2ccccc2F)CC1)NCC(Cc1ccc(F)cc1)C(N)=O. The predicted molar refractivity (Wildman–Crippen MR) is 114 cm³/mol. The number of nitrogens with zero attached hydrogens (tertiary/aromatic N) is 1. The number of rotatable bonds is 9. The normalized spacial score (nSPS) is 16.0. The minimum absolute atomic E-state index is 0.198. The van der Waals surface area contributed by atoms with Gasteiger partial charge in [-0.15, -0.1) is 0 Å². The molecule has 0 saturated heterocycles. The van der Waals surface area contributed by atoms with E-state index in [1.165, 1.54) is 18.2 Å². The van der Waals surface area contributed by atoms with Crippen LogP contribution < -0.4 is 16.4 Å². The number of carbonyl (C=O) groups excluding carboxylic acids is 1. The number of primary amides is 1. The highest BCUT2D eigenvalue weighted by atomic mass is 19.1. The van der Waals surface area contributed by atoms with E-state index in [0.717, 1.165) is 18.4 Å². The third-order valence-electron chi connectivity index (χ3n) is 5.50. The number of hydrogen-bond acceptors (Lipinski definition) is 2. The van der Waals surface area contributed by atoms with E-state index in [1.807, 2.05) is 19.1 Å². The molecule has 0 heterocycles. The van der Waals surface area contributed by atoms with Crippen LogP contribution in [-0.2, 0) is 16.6 Å². The zero-order valence-corrected chi connectivity index (χ0v) is 17.1. The number of carbonyl (C=O) groups is 1. The van der Waals surface area contributed by atoms with Crippen molar-refractivity contribution in [2.75, 3.05) is 19.6 Å². The van der Waals surface area contributed by atoms with Gasteiger partial charge in [0.25, 0.3) is 0 Å². The van der Waals surface area contributed by atoms with Crippen LogP contribution in [0.2, 0.25) is 0 Å². The van der Waals surface area contributed by atoms with Gasteiger partial charge in [0.1, 0.15) is 11.6 Å². The first kappa shape index (κ1) is 21.7. The van der Waals surface area contributed by atoms with Gasteiger partial charge in [0.05, 0.1) is 12.5 Å². The van der Waals surface area contributed by atoms with Crippen molar-refractivity contribution in [1.82, 2.24) is 10.6 Å². The smallest absolute Gasteiger partial charge is 0.222 e. The van der Waals surface area contributed by atoms with Crippen LogP contribution in [0.25, 0.3) is 0 Å². The lowest BCUT2D eigenvalue weighted by Crippen LogP contribution is -2.43. The fourth-order valence-electron chi connectivity index (χ4n) is 3.53. The summed E-state index contributed by atoms with van der Waals surface area (Å²) in [5, 5.41) is 6.33. The molecule has 1 saturated carbocycles. The number of halogens is 2. The summed E-state index contributed by atoms with van der Waals surface area (Å²) >= 11 is 0. The topological polar surface area (TPSA) is 79.5 Å². The quantitative estimate of drug-likeness (QED) is 0.436. The van der Waals surface area contributed by atoms with Crippen molar-refractivity contribution in [2.45, 2.75) is 31.6 Å². The van der Waals surface area contributed by atoms with Gasteiger partial charge in [-0.3, -0.25) is 9.79 Å². The van der Waals surface area contributed by atoms with Crippen LogP contribution >= 0.6 is 0 Å². The van der Waals surface area contributed by atoms with Crippen LogP contribution in [-0.4, -0.2) is 31.5 Å². The zero-order valence-electron chi connectivity index (χ0n) is 17.1. The Kier molecular flexibility index (Phi) is 7.03. The highest BCUT2D eigenvalue weighted by Gasteiger charge is 2.45. The van der Waals surface area contributed by atoms with Gasteiger partial charge >= 0.3 is 0 Å². The van der Waals surface area contributed by atoms with Crippen LogP contribution in [0.4, 0.5) is 8.78 Å². The van der Waals surface area contributed by atoms with Crippen molar-refractivity contribution in [3.8, 4) is 0 Å². The maximum absolute atomic E-state index is 14.2. The summed E-state index contributed by atoms with van der Waals surface area (Å²) < 4.78 is 27.3. The standard InChI is InChI=1S/C23H28F2N4O/c1-2-27-22(29-15-23(11-12-23)19-5-3-4-6-20(19)25)28-14-17(21(26)30)13-16-7-9-18(24)10-8-16/h3-10,17H,2,11-15H2,1H3,(H2,26,30)(H2,27,28,29). The van der Waals surface area contributed by atoms with Gasteiger partial charge in [-0.05, 0) is 55.5 Å². The monoisotopic (exact) mass is 414 g/mol. The molecule has 0 radical (unpaired) electrons. The summed E-state index contributed by atoms with van der Waals surface area (Å²) in [4.78, 5) is 16.5. The Hall–Kier alpha value is -2.96. The number of benzene rings is 2. The molecule has 1 fully saturated rings. The van der Waals surface area contributed by atoms with Crippen molar-refractivity contribution in [3.63, 3.8) is 0 Å². The molecule has 0 aliphatic heterocycles. The molecule has 160 valence electrons. The molecule has 1 unspecified atom stereocenters. The van der Waals surface area contributed by atoms with Crippen molar-refractivity contribution in [2.24, 2.45) is 16.6 Å². The molecular weight excluding hydrogens is 386 g/mol. The Labute approximate surface area is 175 Å². The van der Waals surface area contributed by atoms with E-state index in [9.17, 15) is 13.6 Å². The summed E-state index contributed by atoms with van der Waals surface area (Å²) in [5.74, 6) is -0.867. The number of nitrogens with one attached hydrogen (secondary N) is 2. The van der Waals surface area contributed by atoms with Crippen LogP contribution in [0.5, 0.6) is 0 Å². The second-order valence-electron chi connectivity index (χ2n) is 7.77. The molecule has 0 spiro atoms. The van der Waals surface area contributed by atoms with Crippen molar-refractivity contribution < 1.29 is 13.6 Å². The molecule has 30 heavy (non-hydrogen) atoms. The predicted octanol–water partition coefficient (Wildman–Crippen LogP) is 2.90. The molecule has 0 bridgehead atoms. The molecule has 2 aromatic carbocycles. The summed E-state index contributed by atoms with van der Waals surface area (Å²) in [7, 11) is 0. The minimum atomic E-state index is -0.472. The summed E-state index contributed by atoms with van der Waals surface area (Å²) in [6.07, 6.45) is 2.19. The Bertz CT molecular complexity index is 894. The van der Waals surface area contributed by atoms with Gasteiger partial charge < -0.3 is 16.4 Å². The third kappa shape index (κ3) is 5.55. The van der Waals surface area contributed by atoms with Gasteiger partial charge in [0.15, 0.2) is 5.96 Å². The first-order valence-corrected chi connectivity index (χ1v) is 10.2. The Morgan fingerprint density at radius 1 is 1.13 bits per heavy atom. The van der Waals surface area contributed by atoms with Crippen molar-refractivity contribution in [1.29, 1.82) is 0 Å². The maximum atomic E-state index is 14.2. The molecule has 1 aliphatic rings. The fourth-order valence-corrected chi connectivity index (χ4v) is 3.53. The third-order valence-corrected chi connectivity index (χ3v) is 5.50. The first-order chi connectivity index (χ1) is 14.4. The molecule has 1 atom stereocenters. The van der Waals surface area contributed by atoms with Gasteiger partial charge in [0.2, 0.25) is 5.91 Å². The molecular formula is C23H28F2N4O. The van der Waals surface area contributed by atoms with E-state index < -0.39 is 11.8 Å². The maximum Gasteiger partial charge on any atom is 0.222 e. The molecule has 5 nitrogen and oxygen atoms in total. The van der Waals surface area contributed by atoms with Gasteiger partial charge in [0, 0.05) is 18.5 Å². The lowest BCUT2D eigenvalue weighted by molar-refractivity contribution is -0.121. The number of nitrogens with two attached hydrogens (primary N) is 1. The Morgan fingerprint density at radius 2 is 1.83 bits per heavy atom. The lowest BCUT2D eigenvalue weighted by atomic mass is 9.95. The number of aliphatic imine (C=N–C) groups is 1. The minimum Gasteiger partial charge on any atom is -0.369 e. The lowest BCUT2D eigenvalue weighted by Gasteiger charge is -2.19. The highest BCUT2D eigenvalue weighted by Crippen LogP contribution is 2.49. The van der Waals surface area contributed by atoms with E-state index in [1.54, 1.807) is 18.2 Å².